The van der Waals surface area contributed by atoms with E-state index in [9.17, 15) is 5.11 Å². The third kappa shape index (κ3) is 1.40. The molecule has 0 spiro atoms. The number of nitrogens with two attached hydrogens (primary N) is 1. The van der Waals surface area contributed by atoms with Crippen LogP contribution in [0.15, 0.2) is 0 Å². The summed E-state index contributed by atoms with van der Waals surface area (Å²) in [6, 6.07) is 0. The maximum atomic E-state index is 10.6. The van der Waals surface area contributed by atoms with Gasteiger partial charge in [-0.05, 0) is 25.2 Å². The zero-order valence-corrected chi connectivity index (χ0v) is 9.14. The summed E-state index contributed by atoms with van der Waals surface area (Å²) in [6.45, 7) is 6.89. The Morgan fingerprint density at radius 2 is 2.00 bits per heavy atom. The van der Waals surface area contributed by atoms with Gasteiger partial charge in [-0.3, -0.25) is 0 Å². The topological polar surface area (TPSA) is 46.2 Å². The van der Waals surface area contributed by atoms with Gasteiger partial charge in [-0.1, -0.05) is 27.2 Å². The fourth-order valence-corrected chi connectivity index (χ4v) is 2.81. The van der Waals surface area contributed by atoms with Crippen molar-refractivity contribution in [1.29, 1.82) is 0 Å². The van der Waals surface area contributed by atoms with E-state index < -0.39 is 5.60 Å². The van der Waals surface area contributed by atoms with E-state index in [1.54, 1.807) is 0 Å². The second-order valence-electron chi connectivity index (χ2n) is 4.77. The molecule has 0 aromatic rings. The van der Waals surface area contributed by atoms with Crippen LogP contribution in [-0.2, 0) is 0 Å². The maximum Gasteiger partial charge on any atom is 0.0735 e. The van der Waals surface area contributed by atoms with E-state index in [0.29, 0.717) is 12.5 Å². The van der Waals surface area contributed by atoms with Crippen molar-refractivity contribution in [2.45, 2.75) is 52.1 Å². The Bertz CT molecular complexity index is 169. The number of aliphatic hydroxyl groups is 1. The van der Waals surface area contributed by atoms with Crippen molar-refractivity contribution in [2.75, 3.05) is 6.54 Å². The summed E-state index contributed by atoms with van der Waals surface area (Å²) >= 11 is 0. The van der Waals surface area contributed by atoms with Gasteiger partial charge in [0.15, 0.2) is 0 Å². The molecule has 0 aromatic carbocycles. The Kier molecular flexibility index (Phi) is 3.03. The van der Waals surface area contributed by atoms with E-state index in [-0.39, 0.29) is 5.41 Å². The van der Waals surface area contributed by atoms with E-state index in [1.807, 2.05) is 0 Å². The SMILES string of the molecule is CCC(O)(C(C)C)C1(CN)CCC1. The normalized spacial score (nSPS) is 25.4. The smallest absolute Gasteiger partial charge is 0.0735 e. The summed E-state index contributed by atoms with van der Waals surface area (Å²) < 4.78 is 0. The molecule has 0 saturated heterocycles. The second-order valence-corrected chi connectivity index (χ2v) is 4.77. The van der Waals surface area contributed by atoms with Crippen molar-refractivity contribution in [1.82, 2.24) is 0 Å². The van der Waals surface area contributed by atoms with Gasteiger partial charge in [0, 0.05) is 12.0 Å². The monoisotopic (exact) mass is 185 g/mol. The molecule has 1 atom stereocenters. The fourth-order valence-electron chi connectivity index (χ4n) is 2.81. The van der Waals surface area contributed by atoms with Crippen molar-refractivity contribution in [2.24, 2.45) is 17.1 Å². The fraction of sp³-hybridized carbons (Fsp3) is 1.00. The zero-order chi connectivity index (χ0) is 10.1. The molecule has 1 unspecified atom stereocenters. The van der Waals surface area contributed by atoms with Crippen LogP contribution in [0.5, 0.6) is 0 Å². The Labute approximate surface area is 81.5 Å². The van der Waals surface area contributed by atoms with Crippen molar-refractivity contribution < 1.29 is 5.11 Å². The molecule has 1 aliphatic rings. The van der Waals surface area contributed by atoms with Crippen LogP contribution < -0.4 is 5.73 Å². The summed E-state index contributed by atoms with van der Waals surface area (Å²) in [6.07, 6.45) is 4.26. The number of rotatable bonds is 4. The van der Waals surface area contributed by atoms with E-state index in [2.05, 4.69) is 20.8 Å². The Morgan fingerprint density at radius 3 is 2.08 bits per heavy atom. The van der Waals surface area contributed by atoms with Crippen LogP contribution in [0.4, 0.5) is 0 Å². The highest BCUT2D eigenvalue weighted by Crippen LogP contribution is 2.52. The standard InChI is InChI=1S/C11H23NO/c1-4-11(13,9(2)3)10(8-12)6-5-7-10/h9,13H,4-8,12H2,1-3H3. The van der Waals surface area contributed by atoms with Crippen molar-refractivity contribution in [3.8, 4) is 0 Å². The molecule has 2 nitrogen and oxygen atoms in total. The summed E-state index contributed by atoms with van der Waals surface area (Å²) in [5.41, 5.74) is 5.29. The summed E-state index contributed by atoms with van der Waals surface area (Å²) in [5, 5.41) is 10.6. The minimum atomic E-state index is -0.542. The molecule has 78 valence electrons. The van der Waals surface area contributed by atoms with Crippen LogP contribution in [0.25, 0.3) is 0 Å². The van der Waals surface area contributed by atoms with E-state index in [4.69, 9.17) is 5.73 Å². The molecule has 13 heavy (non-hydrogen) atoms. The van der Waals surface area contributed by atoms with Crippen LogP contribution in [-0.4, -0.2) is 17.3 Å². The van der Waals surface area contributed by atoms with Gasteiger partial charge in [-0.2, -0.15) is 0 Å². The van der Waals surface area contributed by atoms with Gasteiger partial charge in [-0.15, -0.1) is 0 Å². The van der Waals surface area contributed by atoms with Crippen molar-refractivity contribution in [3.63, 3.8) is 0 Å². The van der Waals surface area contributed by atoms with Gasteiger partial charge in [0.2, 0.25) is 0 Å². The van der Waals surface area contributed by atoms with Crippen molar-refractivity contribution >= 4 is 0 Å². The zero-order valence-electron chi connectivity index (χ0n) is 9.14. The Balaban J connectivity index is 2.85. The van der Waals surface area contributed by atoms with E-state index >= 15 is 0 Å². The van der Waals surface area contributed by atoms with Gasteiger partial charge in [0.05, 0.1) is 5.60 Å². The maximum absolute atomic E-state index is 10.6. The lowest BCUT2D eigenvalue weighted by Gasteiger charge is -2.54. The lowest BCUT2D eigenvalue weighted by Crippen LogP contribution is -2.59. The average Bonchev–Trinajstić information content (AvgIpc) is 2.02. The quantitative estimate of drug-likeness (QED) is 0.703. The van der Waals surface area contributed by atoms with Crippen molar-refractivity contribution in [3.05, 3.63) is 0 Å². The molecule has 1 aliphatic carbocycles. The molecular formula is C11H23NO. The van der Waals surface area contributed by atoms with Gasteiger partial charge < -0.3 is 10.8 Å². The molecule has 1 rings (SSSR count). The van der Waals surface area contributed by atoms with E-state index in [0.717, 1.165) is 19.3 Å². The highest BCUT2D eigenvalue weighted by Gasteiger charge is 2.53. The van der Waals surface area contributed by atoms with Crippen LogP contribution in [0, 0.1) is 11.3 Å². The Hall–Kier alpha value is -0.0800. The molecule has 0 aliphatic heterocycles. The van der Waals surface area contributed by atoms with Crippen LogP contribution in [0.1, 0.15) is 46.5 Å². The average molecular weight is 185 g/mol. The van der Waals surface area contributed by atoms with Gasteiger partial charge in [0.25, 0.3) is 0 Å². The molecule has 0 radical (unpaired) electrons. The summed E-state index contributed by atoms with van der Waals surface area (Å²) in [7, 11) is 0. The molecule has 0 amide bonds. The first-order valence-electron chi connectivity index (χ1n) is 5.45. The minimum absolute atomic E-state index is 0.0237. The largest absolute Gasteiger partial charge is 0.389 e. The van der Waals surface area contributed by atoms with Crippen LogP contribution >= 0.6 is 0 Å². The number of hydrogen-bond acceptors (Lipinski definition) is 2. The highest BCUT2D eigenvalue weighted by atomic mass is 16.3. The molecule has 0 bridgehead atoms. The third-order valence-corrected chi connectivity index (χ3v) is 4.11. The lowest BCUT2D eigenvalue weighted by molar-refractivity contribution is -0.153. The molecule has 3 N–H and O–H groups in total. The highest BCUT2D eigenvalue weighted by molar-refractivity contribution is 5.05. The predicted molar refractivity (Wildman–Crippen MR) is 55.4 cm³/mol. The molecular weight excluding hydrogens is 162 g/mol. The summed E-state index contributed by atoms with van der Waals surface area (Å²) in [5.74, 6) is 0.307. The van der Waals surface area contributed by atoms with E-state index in [1.165, 1.54) is 6.42 Å². The lowest BCUT2D eigenvalue weighted by atomic mass is 9.54. The first kappa shape index (κ1) is 11.0. The first-order chi connectivity index (χ1) is 6.02. The Morgan fingerprint density at radius 1 is 1.46 bits per heavy atom. The summed E-state index contributed by atoms with van der Waals surface area (Å²) in [4.78, 5) is 0. The minimum Gasteiger partial charge on any atom is -0.389 e. The second kappa shape index (κ2) is 3.58. The predicted octanol–water partition coefficient (Wildman–Crippen LogP) is 1.91. The molecule has 1 fully saturated rings. The van der Waals surface area contributed by atoms with Gasteiger partial charge in [0.1, 0.15) is 0 Å². The van der Waals surface area contributed by atoms with Gasteiger partial charge in [-0.25, -0.2) is 0 Å². The third-order valence-electron chi connectivity index (χ3n) is 4.11. The number of hydrogen-bond donors (Lipinski definition) is 2. The molecule has 1 saturated carbocycles. The molecule has 0 aromatic heterocycles. The molecule has 2 heteroatoms. The molecule has 0 heterocycles. The van der Waals surface area contributed by atoms with Crippen LogP contribution in [0.3, 0.4) is 0 Å². The first-order valence-corrected chi connectivity index (χ1v) is 5.45. The van der Waals surface area contributed by atoms with Crippen LogP contribution in [0.2, 0.25) is 0 Å². The van der Waals surface area contributed by atoms with Gasteiger partial charge >= 0.3 is 0 Å².